The molecule has 0 atom stereocenters. The molecule has 0 radical (unpaired) electrons. The number of nitrogens with zero attached hydrogens (tertiary/aromatic N) is 3. The Morgan fingerprint density at radius 1 is 1.34 bits per heavy atom. The van der Waals surface area contributed by atoms with Gasteiger partial charge in [-0.05, 0) is 37.5 Å². The van der Waals surface area contributed by atoms with Gasteiger partial charge in [0.25, 0.3) is 5.91 Å². The summed E-state index contributed by atoms with van der Waals surface area (Å²) in [5, 5.41) is 18.3. The predicted octanol–water partition coefficient (Wildman–Crippen LogP) is 1.57. The van der Waals surface area contributed by atoms with Gasteiger partial charge in [0.2, 0.25) is 10.0 Å². The Kier molecular flexibility index (Phi) is 7.36. The molecule has 0 aliphatic rings. The zero-order valence-electron chi connectivity index (χ0n) is 16.8. The molecule has 1 aromatic carbocycles. The number of carbonyl (C=O) groups excluding carboxylic acids is 1. The first-order valence-electron chi connectivity index (χ1n) is 9.38. The number of hydrogen-bond donors (Lipinski definition) is 3. The zero-order valence-corrected chi connectivity index (χ0v) is 17.6. The number of aromatic nitrogens is 2. The van der Waals surface area contributed by atoms with E-state index in [1.165, 1.54) is 10.4 Å². The van der Waals surface area contributed by atoms with E-state index < -0.39 is 10.0 Å². The third-order valence-corrected chi connectivity index (χ3v) is 6.84. The third kappa shape index (κ3) is 4.93. The molecule has 10 heteroatoms. The summed E-state index contributed by atoms with van der Waals surface area (Å²) in [5.41, 5.74) is 7.42. The van der Waals surface area contributed by atoms with E-state index in [9.17, 15) is 13.2 Å². The number of aromatic amines is 1. The smallest absolute Gasteiger partial charge is 0.251 e. The van der Waals surface area contributed by atoms with Gasteiger partial charge in [0.1, 0.15) is 11.6 Å². The first kappa shape index (κ1) is 22.4. The summed E-state index contributed by atoms with van der Waals surface area (Å²) in [6.07, 6.45) is 1.07. The molecule has 0 saturated heterocycles. The van der Waals surface area contributed by atoms with Crippen molar-refractivity contribution in [2.75, 3.05) is 25.4 Å². The number of anilines is 1. The Balaban J connectivity index is 2.05. The van der Waals surface area contributed by atoms with Gasteiger partial charge >= 0.3 is 0 Å². The van der Waals surface area contributed by atoms with Gasteiger partial charge in [-0.25, -0.2) is 8.42 Å². The molecule has 0 saturated carbocycles. The lowest BCUT2D eigenvalue weighted by molar-refractivity contribution is 0.0953. The van der Waals surface area contributed by atoms with Crippen LogP contribution in [0.4, 0.5) is 5.82 Å². The van der Waals surface area contributed by atoms with Crippen LogP contribution in [0.2, 0.25) is 0 Å². The van der Waals surface area contributed by atoms with Crippen LogP contribution in [-0.4, -0.2) is 48.5 Å². The average Bonchev–Trinajstić information content (AvgIpc) is 3.05. The molecule has 156 valence electrons. The maximum atomic E-state index is 12.8. The van der Waals surface area contributed by atoms with E-state index in [1.807, 2.05) is 6.07 Å². The Bertz CT molecular complexity index is 1020. The minimum absolute atomic E-state index is 0.139. The number of amides is 1. The minimum atomic E-state index is -3.65. The second-order valence-corrected chi connectivity index (χ2v) is 8.41. The van der Waals surface area contributed by atoms with Crippen LogP contribution in [-0.2, 0) is 16.4 Å². The lowest BCUT2D eigenvalue weighted by Gasteiger charge is -2.20. The highest BCUT2D eigenvalue weighted by Gasteiger charge is 2.24. The Morgan fingerprint density at radius 2 is 2.03 bits per heavy atom. The van der Waals surface area contributed by atoms with Crippen LogP contribution in [0, 0.1) is 18.3 Å². The number of carbonyl (C=O) groups is 1. The number of benzene rings is 1. The van der Waals surface area contributed by atoms with Crippen LogP contribution in [0.1, 0.15) is 47.4 Å². The molecule has 1 aromatic heterocycles. The van der Waals surface area contributed by atoms with E-state index >= 15 is 0 Å². The fourth-order valence-corrected chi connectivity index (χ4v) is 4.70. The summed E-state index contributed by atoms with van der Waals surface area (Å²) in [4.78, 5) is 12.6. The predicted molar refractivity (Wildman–Crippen MR) is 110 cm³/mol. The number of rotatable bonds is 9. The van der Waals surface area contributed by atoms with Crippen LogP contribution in [0.15, 0.2) is 23.1 Å². The van der Waals surface area contributed by atoms with Gasteiger partial charge in [-0.2, -0.15) is 14.7 Å². The molecule has 0 unspecified atom stereocenters. The highest BCUT2D eigenvalue weighted by molar-refractivity contribution is 7.89. The maximum absolute atomic E-state index is 12.8. The van der Waals surface area contributed by atoms with Gasteiger partial charge in [-0.3, -0.25) is 9.89 Å². The molecule has 0 bridgehead atoms. The van der Waals surface area contributed by atoms with Crippen molar-refractivity contribution in [3.05, 3.63) is 40.6 Å². The van der Waals surface area contributed by atoms with Crippen molar-refractivity contribution >= 4 is 21.7 Å². The second-order valence-electron chi connectivity index (χ2n) is 6.50. The topological polar surface area (TPSA) is 145 Å². The molecule has 1 heterocycles. The molecular formula is C19H26N6O3S. The van der Waals surface area contributed by atoms with E-state index in [0.29, 0.717) is 49.3 Å². The highest BCUT2D eigenvalue weighted by atomic mass is 32.2. The van der Waals surface area contributed by atoms with Crippen LogP contribution in [0.25, 0.3) is 0 Å². The lowest BCUT2D eigenvalue weighted by Crippen LogP contribution is -2.31. The first-order chi connectivity index (χ1) is 13.8. The van der Waals surface area contributed by atoms with Crippen molar-refractivity contribution in [3.8, 4) is 6.07 Å². The monoisotopic (exact) mass is 418 g/mol. The van der Waals surface area contributed by atoms with Gasteiger partial charge in [0, 0.05) is 25.2 Å². The number of H-pyrrole nitrogens is 1. The van der Waals surface area contributed by atoms with Crippen LogP contribution < -0.4 is 11.1 Å². The van der Waals surface area contributed by atoms with Crippen molar-refractivity contribution < 1.29 is 13.2 Å². The number of nitrogens with two attached hydrogens (primary N) is 1. The molecule has 4 N–H and O–H groups in total. The number of sulfonamides is 1. The number of hydrogen-bond acceptors (Lipinski definition) is 6. The van der Waals surface area contributed by atoms with Crippen molar-refractivity contribution in [2.24, 2.45) is 0 Å². The molecule has 2 aromatic rings. The van der Waals surface area contributed by atoms with Gasteiger partial charge < -0.3 is 11.1 Å². The first-order valence-corrected chi connectivity index (χ1v) is 10.8. The van der Waals surface area contributed by atoms with Crippen molar-refractivity contribution in [2.45, 2.75) is 38.5 Å². The lowest BCUT2D eigenvalue weighted by atomic mass is 10.1. The molecule has 0 fully saturated rings. The Morgan fingerprint density at radius 3 is 2.66 bits per heavy atom. The molecular weight excluding hydrogens is 392 g/mol. The molecule has 0 aliphatic carbocycles. The summed E-state index contributed by atoms with van der Waals surface area (Å²) in [6, 6.07) is 6.66. The van der Waals surface area contributed by atoms with Crippen molar-refractivity contribution in [3.63, 3.8) is 0 Å². The standard InChI is InChI=1S/C19H26N6O3S/c1-4-25(5-2)29(27,28)17-11-14(9-8-13(17)3)19(26)22-10-6-7-16-15(12-20)18(21)24-23-16/h8-9,11H,4-7,10H2,1-3H3,(H,22,26)(H3,21,23,24). The summed E-state index contributed by atoms with van der Waals surface area (Å²) in [7, 11) is -3.65. The maximum Gasteiger partial charge on any atom is 0.251 e. The van der Waals surface area contributed by atoms with Gasteiger partial charge in [-0.1, -0.05) is 19.9 Å². The quantitative estimate of drug-likeness (QED) is 0.527. The summed E-state index contributed by atoms with van der Waals surface area (Å²) in [6.45, 7) is 6.33. The zero-order chi connectivity index (χ0) is 21.6. The molecule has 9 nitrogen and oxygen atoms in total. The number of nitrogen functional groups attached to an aromatic ring is 1. The molecule has 2 rings (SSSR count). The van der Waals surface area contributed by atoms with Gasteiger partial charge in [-0.15, -0.1) is 0 Å². The van der Waals surface area contributed by atoms with E-state index in [2.05, 4.69) is 15.5 Å². The Labute approximate surface area is 170 Å². The van der Waals surface area contributed by atoms with E-state index in [1.54, 1.807) is 32.9 Å². The second kappa shape index (κ2) is 9.54. The third-order valence-electron chi connectivity index (χ3n) is 4.64. The van der Waals surface area contributed by atoms with Crippen LogP contribution in [0.5, 0.6) is 0 Å². The summed E-state index contributed by atoms with van der Waals surface area (Å²) in [5.74, 6) is -0.196. The fraction of sp³-hybridized carbons (Fsp3) is 0.421. The van der Waals surface area contributed by atoms with E-state index in [4.69, 9.17) is 11.0 Å². The van der Waals surface area contributed by atoms with E-state index in [0.717, 1.165) is 0 Å². The molecule has 0 spiro atoms. The molecule has 0 aliphatic heterocycles. The fourth-order valence-electron chi connectivity index (χ4n) is 2.99. The van der Waals surface area contributed by atoms with Gasteiger partial charge in [0.05, 0.1) is 10.6 Å². The van der Waals surface area contributed by atoms with Crippen molar-refractivity contribution in [1.82, 2.24) is 19.8 Å². The molecule has 1 amide bonds. The van der Waals surface area contributed by atoms with Crippen LogP contribution >= 0.6 is 0 Å². The Hall–Kier alpha value is -2.90. The number of aryl methyl sites for hydroxylation is 2. The number of nitrogens with one attached hydrogen (secondary N) is 2. The molecule has 29 heavy (non-hydrogen) atoms. The largest absolute Gasteiger partial charge is 0.381 e. The SMILES string of the molecule is CCN(CC)S(=O)(=O)c1cc(C(=O)NCCCc2[nH]nc(N)c2C#N)ccc1C. The highest BCUT2D eigenvalue weighted by Crippen LogP contribution is 2.21. The summed E-state index contributed by atoms with van der Waals surface area (Å²) >= 11 is 0. The number of nitriles is 1. The van der Waals surface area contributed by atoms with Crippen molar-refractivity contribution in [1.29, 1.82) is 5.26 Å². The van der Waals surface area contributed by atoms with Gasteiger partial charge in [0.15, 0.2) is 5.82 Å². The minimum Gasteiger partial charge on any atom is -0.381 e. The van der Waals surface area contributed by atoms with Crippen LogP contribution in [0.3, 0.4) is 0 Å². The normalized spacial score (nSPS) is 11.4. The average molecular weight is 419 g/mol. The van der Waals surface area contributed by atoms with E-state index in [-0.39, 0.29) is 22.2 Å². The summed E-state index contributed by atoms with van der Waals surface area (Å²) < 4.78 is 27.0.